The molecule has 0 spiro atoms. The van der Waals surface area contributed by atoms with Crippen LogP contribution in [0.5, 0.6) is 17.2 Å². The third-order valence-electron chi connectivity index (χ3n) is 6.62. The van der Waals surface area contributed by atoms with Gasteiger partial charge < -0.3 is 14.2 Å². The maximum atomic E-state index is 13.0. The summed E-state index contributed by atoms with van der Waals surface area (Å²) >= 11 is 0.931. The summed E-state index contributed by atoms with van der Waals surface area (Å²) in [5.41, 5.74) is 3.93. The predicted octanol–water partition coefficient (Wildman–Crippen LogP) is 7.55. The van der Waals surface area contributed by atoms with Crippen molar-refractivity contribution in [1.82, 2.24) is 4.90 Å². The molecule has 6 nitrogen and oxygen atoms in total. The fourth-order valence-corrected chi connectivity index (χ4v) is 5.39. The third kappa shape index (κ3) is 6.15. The number of carbonyl (C=O) groups excluding carboxylic acids is 2. The summed E-state index contributed by atoms with van der Waals surface area (Å²) in [4.78, 5) is 27.2. The number of hydrogen-bond donors (Lipinski definition) is 0. The van der Waals surface area contributed by atoms with Gasteiger partial charge in [0.15, 0.2) is 11.5 Å². The van der Waals surface area contributed by atoms with Crippen molar-refractivity contribution >= 4 is 39.8 Å². The number of nitrogens with zero attached hydrogens (tertiary/aromatic N) is 1. The van der Waals surface area contributed by atoms with Crippen LogP contribution >= 0.6 is 11.8 Å². The van der Waals surface area contributed by atoms with Crippen LogP contribution in [-0.2, 0) is 11.4 Å². The van der Waals surface area contributed by atoms with E-state index in [0.717, 1.165) is 50.5 Å². The van der Waals surface area contributed by atoms with Crippen LogP contribution in [0.3, 0.4) is 0 Å². The van der Waals surface area contributed by atoms with E-state index >= 15 is 0 Å². The molecule has 0 atom stereocenters. The zero-order chi connectivity index (χ0) is 28.1. The van der Waals surface area contributed by atoms with Crippen LogP contribution in [0.4, 0.5) is 4.79 Å². The standard InChI is InChI=1S/C33H31NO5S/c1-4-37-30-19-24(14-15-28(30)39-21-26-10-7-9-25-8-5-6-11-27(25)26)20-31-32(35)34(33(36)40-31)16-17-38-29-18-22(2)12-13-23(29)3/h5-15,18-20H,4,16-17,21H2,1-3H3/b31-20-. The maximum Gasteiger partial charge on any atom is 0.293 e. The zero-order valence-electron chi connectivity index (χ0n) is 22.8. The van der Waals surface area contributed by atoms with Crippen LogP contribution < -0.4 is 14.2 Å². The van der Waals surface area contributed by atoms with Gasteiger partial charge in [-0.2, -0.15) is 0 Å². The lowest BCUT2D eigenvalue weighted by Crippen LogP contribution is -2.32. The quantitative estimate of drug-likeness (QED) is 0.189. The lowest BCUT2D eigenvalue weighted by molar-refractivity contribution is -0.123. The van der Waals surface area contributed by atoms with Gasteiger partial charge in [-0.05, 0) is 89.8 Å². The van der Waals surface area contributed by atoms with Gasteiger partial charge in [0.2, 0.25) is 0 Å². The first-order valence-electron chi connectivity index (χ1n) is 13.2. The van der Waals surface area contributed by atoms with E-state index in [1.807, 2.05) is 75.4 Å². The van der Waals surface area contributed by atoms with E-state index in [4.69, 9.17) is 14.2 Å². The summed E-state index contributed by atoms with van der Waals surface area (Å²) in [5, 5.41) is 2.00. The lowest BCUT2D eigenvalue weighted by atomic mass is 10.1. The first-order chi connectivity index (χ1) is 19.4. The summed E-state index contributed by atoms with van der Waals surface area (Å²) in [6.45, 7) is 7.14. The number of thioether (sulfide) groups is 1. The molecular formula is C33H31NO5S. The molecule has 0 aliphatic carbocycles. The number of ether oxygens (including phenoxy) is 3. The molecule has 5 rings (SSSR count). The molecule has 2 amide bonds. The summed E-state index contributed by atoms with van der Waals surface area (Å²) < 4.78 is 17.9. The van der Waals surface area contributed by atoms with E-state index in [9.17, 15) is 9.59 Å². The molecule has 204 valence electrons. The first kappa shape index (κ1) is 27.3. The van der Waals surface area contributed by atoms with Gasteiger partial charge in [0.1, 0.15) is 19.0 Å². The van der Waals surface area contributed by atoms with Crippen molar-refractivity contribution in [2.24, 2.45) is 0 Å². The molecule has 4 aromatic carbocycles. The van der Waals surface area contributed by atoms with Gasteiger partial charge in [-0.25, -0.2) is 0 Å². The minimum Gasteiger partial charge on any atom is -0.491 e. The van der Waals surface area contributed by atoms with Gasteiger partial charge in [0, 0.05) is 0 Å². The summed E-state index contributed by atoms with van der Waals surface area (Å²) in [7, 11) is 0. The van der Waals surface area contributed by atoms with Gasteiger partial charge in [0.05, 0.1) is 18.1 Å². The number of fused-ring (bicyclic) bond motifs is 1. The van der Waals surface area contributed by atoms with Gasteiger partial charge in [-0.3, -0.25) is 14.5 Å². The molecule has 7 heteroatoms. The molecule has 1 saturated heterocycles. The fourth-order valence-electron chi connectivity index (χ4n) is 4.53. The molecule has 0 bridgehead atoms. The molecule has 0 unspecified atom stereocenters. The second-order valence-corrected chi connectivity index (χ2v) is 10.5. The molecule has 0 radical (unpaired) electrons. The van der Waals surface area contributed by atoms with Crippen molar-refractivity contribution in [3.05, 3.63) is 106 Å². The van der Waals surface area contributed by atoms with Crippen molar-refractivity contribution < 1.29 is 23.8 Å². The molecule has 1 aliphatic heterocycles. The highest BCUT2D eigenvalue weighted by molar-refractivity contribution is 8.18. The van der Waals surface area contributed by atoms with Crippen LogP contribution in [-0.4, -0.2) is 35.8 Å². The topological polar surface area (TPSA) is 65.1 Å². The number of rotatable bonds is 10. The van der Waals surface area contributed by atoms with E-state index in [-0.39, 0.29) is 24.3 Å². The van der Waals surface area contributed by atoms with E-state index in [2.05, 4.69) is 24.3 Å². The minimum atomic E-state index is -0.325. The highest BCUT2D eigenvalue weighted by Gasteiger charge is 2.34. The van der Waals surface area contributed by atoms with Crippen molar-refractivity contribution in [3.63, 3.8) is 0 Å². The summed E-state index contributed by atoms with van der Waals surface area (Å²) in [5.74, 6) is 1.63. The highest BCUT2D eigenvalue weighted by Crippen LogP contribution is 2.35. The number of hydrogen-bond acceptors (Lipinski definition) is 6. The number of amides is 2. The molecule has 1 heterocycles. The Morgan fingerprint density at radius 3 is 2.50 bits per heavy atom. The van der Waals surface area contributed by atoms with Crippen molar-refractivity contribution in [2.45, 2.75) is 27.4 Å². The molecule has 40 heavy (non-hydrogen) atoms. The Hall–Kier alpha value is -4.23. The third-order valence-corrected chi connectivity index (χ3v) is 7.53. The van der Waals surface area contributed by atoms with E-state index in [1.165, 1.54) is 4.90 Å². The second kappa shape index (κ2) is 12.3. The van der Waals surface area contributed by atoms with Crippen LogP contribution in [0.1, 0.15) is 29.2 Å². The van der Waals surface area contributed by atoms with Crippen LogP contribution in [0.15, 0.2) is 83.8 Å². The summed E-state index contributed by atoms with van der Waals surface area (Å²) in [6.07, 6.45) is 1.72. The average Bonchev–Trinajstić information content (AvgIpc) is 3.22. The van der Waals surface area contributed by atoms with Gasteiger partial charge in [-0.1, -0.05) is 60.7 Å². The van der Waals surface area contributed by atoms with Gasteiger partial charge in [0.25, 0.3) is 11.1 Å². The smallest absolute Gasteiger partial charge is 0.293 e. The SMILES string of the molecule is CCOc1cc(/C=C2\SC(=O)N(CCOc3cc(C)ccc3C)C2=O)ccc1OCc1cccc2ccccc12. The van der Waals surface area contributed by atoms with Crippen LogP contribution in [0.2, 0.25) is 0 Å². The molecular weight excluding hydrogens is 522 g/mol. The number of carbonyl (C=O) groups is 2. The molecule has 1 fully saturated rings. The fraction of sp³-hybridized carbons (Fsp3) is 0.212. The average molecular weight is 554 g/mol. The zero-order valence-corrected chi connectivity index (χ0v) is 23.6. The largest absolute Gasteiger partial charge is 0.491 e. The minimum absolute atomic E-state index is 0.181. The van der Waals surface area contributed by atoms with Crippen molar-refractivity contribution in [1.29, 1.82) is 0 Å². The van der Waals surface area contributed by atoms with Gasteiger partial charge in [-0.15, -0.1) is 0 Å². The highest BCUT2D eigenvalue weighted by atomic mass is 32.2. The van der Waals surface area contributed by atoms with Crippen molar-refractivity contribution in [3.8, 4) is 17.2 Å². The van der Waals surface area contributed by atoms with Gasteiger partial charge >= 0.3 is 0 Å². The lowest BCUT2D eigenvalue weighted by Gasteiger charge is -2.15. The number of imide groups is 1. The Labute approximate surface area is 238 Å². The normalized spacial score (nSPS) is 14.3. The second-order valence-electron chi connectivity index (χ2n) is 9.52. The monoisotopic (exact) mass is 553 g/mol. The van der Waals surface area contributed by atoms with Crippen LogP contribution in [0.25, 0.3) is 16.8 Å². The Morgan fingerprint density at radius 1 is 0.825 bits per heavy atom. The maximum absolute atomic E-state index is 13.0. The van der Waals surface area contributed by atoms with Crippen molar-refractivity contribution in [2.75, 3.05) is 19.8 Å². The van der Waals surface area contributed by atoms with E-state index < -0.39 is 0 Å². The van der Waals surface area contributed by atoms with E-state index in [1.54, 1.807) is 6.08 Å². The molecule has 0 aromatic heterocycles. The summed E-state index contributed by atoms with van der Waals surface area (Å²) in [6, 6.07) is 25.9. The first-order valence-corrected chi connectivity index (χ1v) is 14.1. The Bertz CT molecular complexity index is 1590. The molecule has 4 aromatic rings. The molecule has 0 N–H and O–H groups in total. The number of benzene rings is 4. The number of aryl methyl sites for hydroxylation is 2. The Balaban J connectivity index is 1.27. The van der Waals surface area contributed by atoms with E-state index in [0.29, 0.717) is 29.6 Å². The molecule has 1 aliphatic rings. The molecule has 0 saturated carbocycles. The Morgan fingerprint density at radius 2 is 1.65 bits per heavy atom. The predicted molar refractivity (Wildman–Crippen MR) is 160 cm³/mol. The Kier molecular flexibility index (Phi) is 8.41. The van der Waals surface area contributed by atoms with Crippen LogP contribution in [0, 0.1) is 13.8 Å².